The topological polar surface area (TPSA) is 21.3 Å². The molecule has 92 valence electrons. The number of nitrogens with one attached hydrogen (secondary N) is 1. The fourth-order valence-electron chi connectivity index (χ4n) is 1.19. The zero-order chi connectivity index (χ0) is 11.9. The van der Waals surface area contributed by atoms with E-state index >= 15 is 0 Å². The Morgan fingerprint density at radius 1 is 1.27 bits per heavy atom. The van der Waals surface area contributed by atoms with Crippen molar-refractivity contribution in [1.29, 1.82) is 0 Å². The summed E-state index contributed by atoms with van der Waals surface area (Å²) in [5.74, 6) is 0.414. The van der Waals surface area contributed by atoms with Crippen molar-refractivity contribution in [3.8, 4) is 0 Å². The van der Waals surface area contributed by atoms with E-state index in [1.54, 1.807) is 0 Å². The van der Waals surface area contributed by atoms with Gasteiger partial charge in [-0.25, -0.2) is 0 Å². The number of alkyl halides is 3. The minimum Gasteiger partial charge on any atom is -0.380 e. The molecule has 0 aromatic rings. The third-order valence-electron chi connectivity index (χ3n) is 2.22. The quantitative estimate of drug-likeness (QED) is 0.675. The number of hydrogen-bond donors (Lipinski definition) is 1. The van der Waals surface area contributed by atoms with Crippen molar-refractivity contribution in [1.82, 2.24) is 5.32 Å². The zero-order valence-electron chi connectivity index (χ0n) is 9.53. The van der Waals surface area contributed by atoms with Crippen molar-refractivity contribution in [3.63, 3.8) is 0 Å². The van der Waals surface area contributed by atoms with Gasteiger partial charge in [0.15, 0.2) is 0 Å². The van der Waals surface area contributed by atoms with E-state index in [9.17, 15) is 13.2 Å². The molecule has 0 radical (unpaired) electrons. The molecule has 15 heavy (non-hydrogen) atoms. The minimum atomic E-state index is -4.07. The fraction of sp³-hybridized carbons (Fsp3) is 1.00. The van der Waals surface area contributed by atoms with Gasteiger partial charge in [0.2, 0.25) is 0 Å². The highest BCUT2D eigenvalue weighted by Gasteiger charge is 2.26. The lowest BCUT2D eigenvalue weighted by atomic mass is 10.1. The van der Waals surface area contributed by atoms with Gasteiger partial charge in [-0.1, -0.05) is 13.8 Å². The molecule has 0 rings (SSSR count). The summed E-state index contributed by atoms with van der Waals surface area (Å²) in [5, 5.41) is 3.06. The molecule has 5 heteroatoms. The molecule has 0 saturated carbocycles. The Hall–Kier alpha value is -0.290. The minimum absolute atomic E-state index is 0.0397. The van der Waals surface area contributed by atoms with E-state index in [0.717, 1.165) is 0 Å². The highest BCUT2D eigenvalue weighted by Crippen LogP contribution is 2.21. The van der Waals surface area contributed by atoms with Crippen LogP contribution >= 0.6 is 0 Å². The van der Waals surface area contributed by atoms with Crippen LogP contribution in [-0.4, -0.2) is 32.5 Å². The van der Waals surface area contributed by atoms with E-state index in [0.29, 0.717) is 12.5 Å². The molecule has 0 spiro atoms. The Bertz CT molecular complexity index is 159. The predicted octanol–water partition coefficient (Wildman–Crippen LogP) is 2.59. The maximum absolute atomic E-state index is 11.8. The van der Waals surface area contributed by atoms with E-state index < -0.39 is 12.6 Å². The summed E-state index contributed by atoms with van der Waals surface area (Å²) in [7, 11) is 1.82. The van der Waals surface area contributed by atoms with Crippen molar-refractivity contribution in [2.45, 2.75) is 38.9 Å². The van der Waals surface area contributed by atoms with Crippen molar-refractivity contribution < 1.29 is 17.9 Å². The summed E-state index contributed by atoms with van der Waals surface area (Å²) < 4.78 is 40.5. The van der Waals surface area contributed by atoms with Gasteiger partial charge < -0.3 is 10.1 Å². The molecule has 1 N–H and O–H groups in total. The van der Waals surface area contributed by atoms with Crippen molar-refractivity contribution >= 4 is 0 Å². The zero-order valence-corrected chi connectivity index (χ0v) is 9.53. The second-order valence-electron chi connectivity index (χ2n) is 3.93. The number of ether oxygens (including phenoxy) is 1. The molecular formula is C10H20F3NO. The lowest BCUT2D eigenvalue weighted by Crippen LogP contribution is -2.35. The molecule has 0 fully saturated rings. The molecule has 0 aliphatic rings. The van der Waals surface area contributed by atoms with E-state index in [1.807, 2.05) is 20.9 Å². The first-order valence-electron chi connectivity index (χ1n) is 5.18. The predicted molar refractivity (Wildman–Crippen MR) is 53.8 cm³/mol. The van der Waals surface area contributed by atoms with Crippen LogP contribution in [0.4, 0.5) is 13.2 Å². The van der Waals surface area contributed by atoms with E-state index in [1.165, 1.54) is 0 Å². The van der Waals surface area contributed by atoms with Crippen LogP contribution in [0.1, 0.15) is 26.7 Å². The Balaban J connectivity index is 3.45. The van der Waals surface area contributed by atoms with Crippen LogP contribution < -0.4 is 5.32 Å². The lowest BCUT2D eigenvalue weighted by molar-refractivity contribution is -0.138. The molecule has 0 aliphatic carbocycles. The molecule has 0 saturated heterocycles. The maximum atomic E-state index is 11.8. The average molecular weight is 227 g/mol. The van der Waals surface area contributed by atoms with Gasteiger partial charge in [0, 0.05) is 19.1 Å². The van der Waals surface area contributed by atoms with Gasteiger partial charge in [0.05, 0.1) is 6.61 Å². The summed E-state index contributed by atoms with van der Waals surface area (Å²) in [5.41, 5.74) is 0. The van der Waals surface area contributed by atoms with Crippen LogP contribution in [0.15, 0.2) is 0 Å². The molecule has 0 aromatic carbocycles. The Morgan fingerprint density at radius 3 is 2.27 bits per heavy atom. The van der Waals surface area contributed by atoms with Gasteiger partial charge in [0.1, 0.15) is 0 Å². The number of likely N-dealkylation sites (N-methyl/N-ethyl adjacent to an activating group) is 1. The van der Waals surface area contributed by atoms with Crippen molar-refractivity contribution in [2.24, 2.45) is 5.92 Å². The smallest absolute Gasteiger partial charge is 0.380 e. The third-order valence-corrected chi connectivity index (χ3v) is 2.22. The van der Waals surface area contributed by atoms with Crippen LogP contribution in [0.3, 0.4) is 0 Å². The number of halogens is 3. The van der Waals surface area contributed by atoms with Gasteiger partial charge in [-0.3, -0.25) is 0 Å². The summed E-state index contributed by atoms with van der Waals surface area (Å²) in [6.45, 7) is 4.72. The molecule has 0 bridgehead atoms. The second kappa shape index (κ2) is 7.06. The van der Waals surface area contributed by atoms with Crippen LogP contribution in [0, 0.1) is 5.92 Å². The standard InChI is InChI=1S/C10H20F3NO/c1-8(2)9(14-3)7-15-6-4-5-10(11,12)13/h8-9,14H,4-7H2,1-3H3. The van der Waals surface area contributed by atoms with Crippen LogP contribution in [0.5, 0.6) is 0 Å². The summed E-state index contributed by atoms with van der Waals surface area (Å²) in [6, 6.07) is 0.205. The van der Waals surface area contributed by atoms with Crippen LogP contribution in [0.25, 0.3) is 0 Å². The summed E-state index contributed by atoms with van der Waals surface area (Å²) >= 11 is 0. The first-order valence-corrected chi connectivity index (χ1v) is 5.18. The molecule has 0 aliphatic heterocycles. The van der Waals surface area contributed by atoms with Crippen molar-refractivity contribution in [2.75, 3.05) is 20.3 Å². The second-order valence-corrected chi connectivity index (χ2v) is 3.93. The first kappa shape index (κ1) is 14.7. The normalized spacial score (nSPS) is 14.6. The third kappa shape index (κ3) is 8.69. The Labute approximate surface area is 89.2 Å². The van der Waals surface area contributed by atoms with Gasteiger partial charge in [-0.05, 0) is 19.4 Å². The van der Waals surface area contributed by atoms with Crippen LogP contribution in [-0.2, 0) is 4.74 Å². The summed E-state index contributed by atoms with van der Waals surface area (Å²) in [4.78, 5) is 0. The largest absolute Gasteiger partial charge is 0.389 e. The molecule has 0 amide bonds. The SMILES string of the molecule is CNC(COCCCC(F)(F)F)C(C)C. The highest BCUT2D eigenvalue weighted by molar-refractivity contribution is 4.67. The van der Waals surface area contributed by atoms with Gasteiger partial charge in [0.25, 0.3) is 0 Å². The number of rotatable bonds is 7. The molecule has 1 unspecified atom stereocenters. The van der Waals surface area contributed by atoms with E-state index in [-0.39, 0.29) is 19.1 Å². The molecule has 1 atom stereocenters. The Kier molecular flexibility index (Phi) is 6.92. The molecule has 2 nitrogen and oxygen atoms in total. The van der Waals surface area contributed by atoms with Gasteiger partial charge in [-0.2, -0.15) is 13.2 Å². The molecular weight excluding hydrogens is 207 g/mol. The monoisotopic (exact) mass is 227 g/mol. The number of hydrogen-bond acceptors (Lipinski definition) is 2. The van der Waals surface area contributed by atoms with Crippen LogP contribution in [0.2, 0.25) is 0 Å². The van der Waals surface area contributed by atoms with E-state index in [2.05, 4.69) is 5.32 Å². The highest BCUT2D eigenvalue weighted by atomic mass is 19.4. The van der Waals surface area contributed by atoms with Gasteiger partial charge in [-0.15, -0.1) is 0 Å². The molecule has 0 aromatic heterocycles. The van der Waals surface area contributed by atoms with Gasteiger partial charge >= 0.3 is 6.18 Å². The fourth-order valence-corrected chi connectivity index (χ4v) is 1.19. The molecule has 0 heterocycles. The van der Waals surface area contributed by atoms with Crippen molar-refractivity contribution in [3.05, 3.63) is 0 Å². The average Bonchev–Trinajstić information content (AvgIpc) is 2.08. The summed E-state index contributed by atoms with van der Waals surface area (Å²) in [6.07, 6.45) is -4.79. The maximum Gasteiger partial charge on any atom is 0.389 e. The first-order chi connectivity index (χ1) is 6.87. The lowest BCUT2D eigenvalue weighted by Gasteiger charge is -2.20. The Morgan fingerprint density at radius 2 is 1.87 bits per heavy atom. The van der Waals surface area contributed by atoms with E-state index in [4.69, 9.17) is 4.74 Å².